The van der Waals surface area contributed by atoms with E-state index in [4.69, 9.17) is 5.11 Å². The fraction of sp³-hybridized carbons (Fsp3) is 0.150. The van der Waals surface area contributed by atoms with Crippen LogP contribution in [-0.4, -0.2) is 21.0 Å². The van der Waals surface area contributed by atoms with Crippen molar-refractivity contribution in [1.29, 1.82) is 0 Å². The minimum atomic E-state index is -0.949. The van der Waals surface area contributed by atoms with Gasteiger partial charge in [-0.25, -0.2) is 14.8 Å². The van der Waals surface area contributed by atoms with E-state index in [1.54, 1.807) is 24.3 Å². The molecule has 0 aliphatic rings. The maximum Gasteiger partial charge on any atom is 0.335 e. The monoisotopic (exact) mass is 348 g/mol. The number of anilines is 4. The molecule has 0 saturated heterocycles. The molecule has 0 atom stereocenters. The zero-order valence-electron chi connectivity index (χ0n) is 14.7. The highest BCUT2D eigenvalue weighted by Crippen LogP contribution is 2.25. The fourth-order valence-corrected chi connectivity index (χ4v) is 2.67. The molecular weight excluding hydrogens is 328 g/mol. The van der Waals surface area contributed by atoms with Gasteiger partial charge in [0.2, 0.25) is 0 Å². The predicted molar refractivity (Wildman–Crippen MR) is 103 cm³/mol. The van der Waals surface area contributed by atoms with E-state index in [0.29, 0.717) is 11.6 Å². The third kappa shape index (κ3) is 3.97. The van der Waals surface area contributed by atoms with Gasteiger partial charge in [0, 0.05) is 17.4 Å². The molecule has 26 heavy (non-hydrogen) atoms. The molecule has 6 heteroatoms. The van der Waals surface area contributed by atoms with Gasteiger partial charge >= 0.3 is 5.97 Å². The number of aromatic carboxylic acids is 1. The van der Waals surface area contributed by atoms with Crippen LogP contribution in [0.15, 0.2) is 54.9 Å². The number of carboxylic acids is 1. The zero-order valence-corrected chi connectivity index (χ0v) is 14.7. The summed E-state index contributed by atoms with van der Waals surface area (Å²) in [5, 5.41) is 15.5. The van der Waals surface area contributed by atoms with Crippen molar-refractivity contribution in [3.05, 3.63) is 71.5 Å². The average molecular weight is 348 g/mol. The second-order valence-corrected chi connectivity index (χ2v) is 5.88. The van der Waals surface area contributed by atoms with Crippen LogP contribution in [0.2, 0.25) is 0 Å². The molecule has 0 spiro atoms. The first kappa shape index (κ1) is 17.4. The van der Waals surface area contributed by atoms with Crippen LogP contribution in [0, 0.1) is 6.92 Å². The Bertz CT molecular complexity index is 923. The lowest BCUT2D eigenvalue weighted by Gasteiger charge is -2.14. The molecule has 0 amide bonds. The Morgan fingerprint density at radius 1 is 1.04 bits per heavy atom. The zero-order chi connectivity index (χ0) is 18.5. The van der Waals surface area contributed by atoms with Gasteiger partial charge in [0.15, 0.2) is 0 Å². The van der Waals surface area contributed by atoms with Crippen molar-refractivity contribution >= 4 is 29.0 Å². The van der Waals surface area contributed by atoms with Crippen molar-refractivity contribution in [3.8, 4) is 0 Å². The second-order valence-electron chi connectivity index (χ2n) is 5.88. The molecule has 0 radical (unpaired) electrons. The van der Waals surface area contributed by atoms with Gasteiger partial charge in [0.05, 0.1) is 5.56 Å². The topological polar surface area (TPSA) is 87.1 Å². The summed E-state index contributed by atoms with van der Waals surface area (Å²) in [5.74, 6) is 0.362. The van der Waals surface area contributed by atoms with Gasteiger partial charge in [0.1, 0.15) is 18.0 Å². The quantitative estimate of drug-likeness (QED) is 0.606. The molecule has 6 nitrogen and oxygen atoms in total. The normalized spacial score (nSPS) is 10.4. The number of carbonyl (C=O) groups is 1. The summed E-state index contributed by atoms with van der Waals surface area (Å²) < 4.78 is 0. The van der Waals surface area contributed by atoms with Crippen LogP contribution in [0.5, 0.6) is 0 Å². The third-order valence-corrected chi connectivity index (χ3v) is 4.06. The number of nitrogens with zero attached hydrogens (tertiary/aromatic N) is 2. The molecule has 0 aliphatic heterocycles. The standard InChI is InChI=1S/C20H20N4O2/c1-3-14-6-4-5-13(2)19(14)24-18-11-17(21-12-22-18)23-16-9-7-15(8-10-16)20(25)26/h4-12H,3H2,1-2H3,(H,25,26)(H2,21,22,23,24). The van der Waals surface area contributed by atoms with Crippen LogP contribution in [0.25, 0.3) is 0 Å². The number of rotatable bonds is 6. The highest BCUT2D eigenvalue weighted by atomic mass is 16.4. The molecule has 3 N–H and O–H groups in total. The van der Waals surface area contributed by atoms with Gasteiger partial charge in [-0.15, -0.1) is 0 Å². The summed E-state index contributed by atoms with van der Waals surface area (Å²) in [6, 6.07) is 14.5. The van der Waals surface area contributed by atoms with Crippen molar-refractivity contribution < 1.29 is 9.90 Å². The Morgan fingerprint density at radius 3 is 2.38 bits per heavy atom. The summed E-state index contributed by atoms with van der Waals surface area (Å²) >= 11 is 0. The first-order valence-corrected chi connectivity index (χ1v) is 8.34. The number of para-hydroxylation sites is 1. The minimum Gasteiger partial charge on any atom is -0.478 e. The molecule has 1 heterocycles. The van der Waals surface area contributed by atoms with Gasteiger partial charge in [-0.1, -0.05) is 25.1 Å². The number of nitrogens with one attached hydrogen (secondary N) is 2. The summed E-state index contributed by atoms with van der Waals surface area (Å²) in [6.45, 7) is 4.18. The van der Waals surface area contributed by atoms with Crippen LogP contribution >= 0.6 is 0 Å². The molecule has 0 fully saturated rings. The number of hydrogen-bond acceptors (Lipinski definition) is 5. The van der Waals surface area contributed by atoms with Crippen molar-refractivity contribution in [2.75, 3.05) is 10.6 Å². The van der Waals surface area contributed by atoms with Crippen molar-refractivity contribution in [3.63, 3.8) is 0 Å². The Morgan fingerprint density at radius 2 is 1.73 bits per heavy atom. The van der Waals surface area contributed by atoms with Gasteiger partial charge in [-0.2, -0.15) is 0 Å². The van der Waals surface area contributed by atoms with E-state index in [2.05, 4.69) is 46.6 Å². The molecule has 0 unspecified atom stereocenters. The Hall–Kier alpha value is -3.41. The van der Waals surface area contributed by atoms with E-state index in [1.807, 2.05) is 12.1 Å². The van der Waals surface area contributed by atoms with E-state index in [-0.39, 0.29) is 5.56 Å². The van der Waals surface area contributed by atoms with Crippen LogP contribution < -0.4 is 10.6 Å². The smallest absolute Gasteiger partial charge is 0.335 e. The maximum absolute atomic E-state index is 10.9. The maximum atomic E-state index is 10.9. The summed E-state index contributed by atoms with van der Waals surface area (Å²) in [6.07, 6.45) is 2.41. The van der Waals surface area contributed by atoms with Crippen LogP contribution in [0.3, 0.4) is 0 Å². The lowest BCUT2D eigenvalue weighted by Crippen LogP contribution is -2.02. The minimum absolute atomic E-state index is 0.243. The SMILES string of the molecule is CCc1cccc(C)c1Nc1cc(Nc2ccc(C(=O)O)cc2)ncn1. The first-order valence-electron chi connectivity index (χ1n) is 8.34. The first-order chi connectivity index (χ1) is 12.6. The van der Waals surface area contributed by atoms with Crippen LogP contribution in [0.4, 0.5) is 23.0 Å². The Labute approximate surface area is 152 Å². The van der Waals surface area contributed by atoms with E-state index < -0.39 is 5.97 Å². The number of aromatic nitrogens is 2. The number of hydrogen-bond donors (Lipinski definition) is 3. The molecular formula is C20H20N4O2. The van der Waals surface area contributed by atoms with E-state index >= 15 is 0 Å². The molecule has 3 aromatic rings. The van der Waals surface area contributed by atoms with Gasteiger partial charge < -0.3 is 15.7 Å². The molecule has 0 saturated carbocycles. The van der Waals surface area contributed by atoms with Crippen molar-refractivity contribution in [2.45, 2.75) is 20.3 Å². The molecule has 1 aromatic heterocycles. The molecule has 132 valence electrons. The average Bonchev–Trinajstić information content (AvgIpc) is 2.64. The number of carboxylic acid groups (broad SMARTS) is 1. The van der Waals surface area contributed by atoms with Crippen molar-refractivity contribution in [1.82, 2.24) is 9.97 Å². The van der Waals surface area contributed by atoms with E-state index in [1.165, 1.54) is 11.9 Å². The highest BCUT2D eigenvalue weighted by Gasteiger charge is 2.07. The number of aryl methyl sites for hydroxylation is 2. The van der Waals surface area contributed by atoms with Crippen LogP contribution in [-0.2, 0) is 6.42 Å². The van der Waals surface area contributed by atoms with Gasteiger partial charge in [0.25, 0.3) is 0 Å². The predicted octanol–water partition coefficient (Wildman–Crippen LogP) is 4.53. The Kier molecular flexibility index (Phi) is 5.12. The Balaban J connectivity index is 1.79. The number of benzene rings is 2. The third-order valence-electron chi connectivity index (χ3n) is 4.06. The van der Waals surface area contributed by atoms with Crippen LogP contribution in [0.1, 0.15) is 28.4 Å². The highest BCUT2D eigenvalue weighted by molar-refractivity contribution is 5.88. The molecule has 3 rings (SSSR count). The summed E-state index contributed by atoms with van der Waals surface area (Å²) in [5.41, 5.74) is 4.44. The summed E-state index contributed by atoms with van der Waals surface area (Å²) in [7, 11) is 0. The second kappa shape index (κ2) is 7.65. The molecule has 0 bridgehead atoms. The lowest BCUT2D eigenvalue weighted by atomic mass is 10.1. The van der Waals surface area contributed by atoms with Gasteiger partial charge in [-0.3, -0.25) is 0 Å². The fourth-order valence-electron chi connectivity index (χ4n) is 2.67. The lowest BCUT2D eigenvalue weighted by molar-refractivity contribution is 0.0697. The van der Waals surface area contributed by atoms with Gasteiger partial charge in [-0.05, 0) is 48.7 Å². The van der Waals surface area contributed by atoms with Crippen molar-refractivity contribution in [2.24, 2.45) is 0 Å². The van der Waals surface area contributed by atoms with E-state index in [0.717, 1.165) is 23.4 Å². The largest absolute Gasteiger partial charge is 0.478 e. The van der Waals surface area contributed by atoms with E-state index in [9.17, 15) is 4.79 Å². The molecule has 2 aromatic carbocycles. The molecule has 0 aliphatic carbocycles. The summed E-state index contributed by atoms with van der Waals surface area (Å²) in [4.78, 5) is 19.4.